The lowest BCUT2D eigenvalue weighted by Crippen LogP contribution is -2.66. The minimum Gasteiger partial charge on any atom is -0.343 e. The second-order valence-corrected chi connectivity index (χ2v) is 7.80. The van der Waals surface area contributed by atoms with Crippen molar-refractivity contribution in [1.29, 1.82) is 0 Å². The van der Waals surface area contributed by atoms with Gasteiger partial charge in [0.05, 0.1) is 25.7 Å². The molecule has 0 aromatic carbocycles. The van der Waals surface area contributed by atoms with Crippen LogP contribution in [-0.4, -0.2) is 55.1 Å². The maximum atomic E-state index is 6.25. The van der Waals surface area contributed by atoms with Gasteiger partial charge in [-0.15, -0.1) is 0 Å². The standard InChI is InChI=1S/C18H26N4O4/c1-17(2)23-13(9-21-7-5-19-11-21)16-15(25-17)14(24-18(3,4)26-16)10-22-8-6-20-12-22/h5-8,11-16H,9-10H2,1-4H3/t13-,14-,15-,16-/m1/s1. The van der Waals surface area contributed by atoms with Crippen molar-refractivity contribution in [3.8, 4) is 0 Å². The van der Waals surface area contributed by atoms with Gasteiger partial charge in [-0.1, -0.05) is 0 Å². The van der Waals surface area contributed by atoms with Crippen LogP contribution in [0, 0.1) is 0 Å². The second kappa shape index (κ2) is 6.45. The van der Waals surface area contributed by atoms with E-state index < -0.39 is 11.6 Å². The quantitative estimate of drug-likeness (QED) is 0.826. The molecule has 2 aromatic heterocycles. The van der Waals surface area contributed by atoms with Gasteiger partial charge in [0.25, 0.3) is 0 Å². The zero-order valence-corrected chi connectivity index (χ0v) is 15.6. The number of aromatic nitrogens is 4. The van der Waals surface area contributed by atoms with Crippen molar-refractivity contribution in [3.63, 3.8) is 0 Å². The molecule has 0 saturated carbocycles. The molecule has 0 spiro atoms. The van der Waals surface area contributed by atoms with Gasteiger partial charge < -0.3 is 28.1 Å². The van der Waals surface area contributed by atoms with Gasteiger partial charge in [0.2, 0.25) is 0 Å². The number of fused-ring (bicyclic) bond motifs is 1. The van der Waals surface area contributed by atoms with Crippen molar-refractivity contribution in [2.24, 2.45) is 0 Å². The van der Waals surface area contributed by atoms with E-state index in [-0.39, 0.29) is 24.4 Å². The molecular weight excluding hydrogens is 336 g/mol. The minimum atomic E-state index is -0.728. The summed E-state index contributed by atoms with van der Waals surface area (Å²) in [6, 6.07) is 0. The third-order valence-corrected chi connectivity index (χ3v) is 4.67. The van der Waals surface area contributed by atoms with Crippen molar-refractivity contribution in [2.75, 3.05) is 0 Å². The topological polar surface area (TPSA) is 72.6 Å². The lowest BCUT2D eigenvalue weighted by Gasteiger charge is -2.53. The minimum absolute atomic E-state index is 0.175. The molecule has 0 N–H and O–H groups in total. The Morgan fingerprint density at radius 1 is 0.731 bits per heavy atom. The van der Waals surface area contributed by atoms with Crippen molar-refractivity contribution in [3.05, 3.63) is 37.4 Å². The van der Waals surface area contributed by atoms with E-state index in [1.165, 1.54) is 0 Å². The highest BCUT2D eigenvalue weighted by Crippen LogP contribution is 2.39. The Labute approximate surface area is 153 Å². The smallest absolute Gasteiger partial charge is 0.163 e. The Balaban J connectivity index is 1.61. The summed E-state index contributed by atoms with van der Waals surface area (Å²) < 4.78 is 28.9. The lowest BCUT2D eigenvalue weighted by atomic mass is 9.96. The maximum absolute atomic E-state index is 6.25. The summed E-state index contributed by atoms with van der Waals surface area (Å²) in [5.41, 5.74) is 0. The van der Waals surface area contributed by atoms with Crippen molar-refractivity contribution < 1.29 is 18.9 Å². The monoisotopic (exact) mass is 362 g/mol. The number of imidazole rings is 2. The van der Waals surface area contributed by atoms with Gasteiger partial charge in [-0.05, 0) is 27.7 Å². The largest absolute Gasteiger partial charge is 0.343 e. The Morgan fingerprint density at radius 2 is 1.15 bits per heavy atom. The molecule has 2 saturated heterocycles. The van der Waals surface area contributed by atoms with Crippen molar-refractivity contribution in [2.45, 2.75) is 76.8 Å². The van der Waals surface area contributed by atoms with Crippen LogP contribution in [0.1, 0.15) is 27.7 Å². The van der Waals surface area contributed by atoms with E-state index in [0.717, 1.165) is 0 Å². The Hall–Kier alpha value is -1.74. The molecule has 2 fully saturated rings. The van der Waals surface area contributed by atoms with E-state index in [1.54, 1.807) is 25.0 Å². The van der Waals surface area contributed by atoms with Gasteiger partial charge >= 0.3 is 0 Å². The van der Waals surface area contributed by atoms with Crippen LogP contribution >= 0.6 is 0 Å². The summed E-state index contributed by atoms with van der Waals surface area (Å²) in [5, 5.41) is 0. The van der Waals surface area contributed by atoms with Crippen LogP contribution in [0.15, 0.2) is 37.4 Å². The first-order valence-corrected chi connectivity index (χ1v) is 8.94. The molecule has 0 unspecified atom stereocenters. The fraction of sp³-hybridized carbons (Fsp3) is 0.667. The lowest BCUT2D eigenvalue weighted by molar-refractivity contribution is -0.425. The fourth-order valence-electron chi connectivity index (χ4n) is 3.77. The zero-order valence-electron chi connectivity index (χ0n) is 15.6. The molecule has 4 rings (SSSR count). The molecular formula is C18H26N4O4. The van der Waals surface area contributed by atoms with E-state index in [4.69, 9.17) is 18.9 Å². The van der Waals surface area contributed by atoms with Gasteiger partial charge in [0.15, 0.2) is 11.6 Å². The van der Waals surface area contributed by atoms with Crippen LogP contribution in [0.5, 0.6) is 0 Å². The van der Waals surface area contributed by atoms with Crippen molar-refractivity contribution in [1.82, 2.24) is 19.1 Å². The molecule has 0 aliphatic carbocycles. The Kier molecular flexibility index (Phi) is 4.38. The van der Waals surface area contributed by atoms with Gasteiger partial charge in [0, 0.05) is 24.8 Å². The zero-order chi connectivity index (χ0) is 18.4. The van der Waals surface area contributed by atoms with Crippen LogP contribution in [0.4, 0.5) is 0 Å². The van der Waals surface area contributed by atoms with E-state index in [1.807, 2.05) is 49.2 Å². The SMILES string of the molecule is CC1(C)O[C@H]2[C@H](OC(C)(C)O[C@@H]2Cn2ccnc2)[C@@H](Cn2ccnc2)O1. The predicted octanol–water partition coefficient (Wildman–Crippen LogP) is 1.82. The predicted molar refractivity (Wildman–Crippen MR) is 92.1 cm³/mol. The molecule has 2 aliphatic rings. The molecule has 2 aliphatic heterocycles. The first-order valence-electron chi connectivity index (χ1n) is 8.94. The number of hydrogen-bond donors (Lipinski definition) is 0. The summed E-state index contributed by atoms with van der Waals surface area (Å²) in [6.07, 6.45) is 10.1. The molecule has 0 bridgehead atoms. The molecule has 4 atom stereocenters. The number of hydrogen-bond acceptors (Lipinski definition) is 6. The second-order valence-electron chi connectivity index (χ2n) is 7.80. The average Bonchev–Trinajstić information content (AvgIpc) is 3.21. The number of ether oxygens (including phenoxy) is 4. The normalized spacial score (nSPS) is 32.9. The fourth-order valence-corrected chi connectivity index (χ4v) is 3.77. The Bertz CT molecular complexity index is 651. The average molecular weight is 362 g/mol. The molecule has 8 heteroatoms. The van der Waals surface area contributed by atoms with E-state index in [0.29, 0.717) is 13.1 Å². The van der Waals surface area contributed by atoms with Crippen molar-refractivity contribution >= 4 is 0 Å². The molecule has 8 nitrogen and oxygen atoms in total. The van der Waals surface area contributed by atoms with E-state index in [9.17, 15) is 0 Å². The summed E-state index contributed by atoms with van der Waals surface area (Å²) >= 11 is 0. The molecule has 2 aromatic rings. The molecule has 0 radical (unpaired) electrons. The molecule has 0 amide bonds. The first-order chi connectivity index (χ1) is 12.3. The first kappa shape index (κ1) is 17.7. The maximum Gasteiger partial charge on any atom is 0.163 e. The van der Waals surface area contributed by atoms with Crippen LogP contribution in [-0.2, 0) is 32.0 Å². The third-order valence-electron chi connectivity index (χ3n) is 4.67. The summed E-state index contributed by atoms with van der Waals surface area (Å²) in [7, 11) is 0. The highest BCUT2D eigenvalue weighted by atomic mass is 16.8. The van der Waals surface area contributed by atoms with Crippen LogP contribution in [0.25, 0.3) is 0 Å². The van der Waals surface area contributed by atoms with Gasteiger partial charge in [-0.2, -0.15) is 0 Å². The Morgan fingerprint density at radius 3 is 1.50 bits per heavy atom. The van der Waals surface area contributed by atoms with Gasteiger partial charge in [-0.25, -0.2) is 9.97 Å². The van der Waals surface area contributed by atoms with Gasteiger partial charge in [0.1, 0.15) is 24.4 Å². The number of rotatable bonds is 4. The van der Waals surface area contributed by atoms with E-state index in [2.05, 4.69) is 9.97 Å². The summed E-state index contributed by atoms with van der Waals surface area (Å²) in [5.74, 6) is -1.46. The van der Waals surface area contributed by atoms with Gasteiger partial charge in [-0.3, -0.25) is 0 Å². The molecule has 142 valence electrons. The number of nitrogens with zero attached hydrogens (tertiary/aromatic N) is 4. The highest BCUT2D eigenvalue weighted by Gasteiger charge is 2.53. The van der Waals surface area contributed by atoms with Crippen LogP contribution in [0.3, 0.4) is 0 Å². The molecule has 26 heavy (non-hydrogen) atoms. The van der Waals surface area contributed by atoms with E-state index >= 15 is 0 Å². The third kappa shape index (κ3) is 3.68. The van der Waals surface area contributed by atoms with Crippen LogP contribution in [0.2, 0.25) is 0 Å². The summed E-state index contributed by atoms with van der Waals surface area (Å²) in [4.78, 5) is 8.24. The highest BCUT2D eigenvalue weighted by molar-refractivity contribution is 4.96. The molecule has 4 heterocycles. The summed E-state index contributed by atoms with van der Waals surface area (Å²) in [6.45, 7) is 9.00. The van der Waals surface area contributed by atoms with Crippen LogP contribution < -0.4 is 0 Å².